The number of rotatable bonds is 8. The van der Waals surface area contributed by atoms with Gasteiger partial charge in [-0.25, -0.2) is 9.59 Å². The standard InChI is InChI=1S/C30H30N2O5/c1-36-29(34)26(18-10-15-22-11-4-2-5-12-22)31-28(33)27-19-24-16-8-9-17-25(24)20-32(27)30(35)37-21-23-13-6-3-7-14-23/h2-17,26-27H,18-21H2,1H3,(H,31,33)/b15-10+/t26-,27+/m1/s1. The molecule has 7 nitrogen and oxygen atoms in total. The molecule has 3 aromatic rings. The zero-order chi connectivity index (χ0) is 26.0. The van der Waals surface area contributed by atoms with E-state index in [-0.39, 0.29) is 19.6 Å². The van der Waals surface area contributed by atoms with Crippen LogP contribution in [0.2, 0.25) is 0 Å². The Balaban J connectivity index is 1.49. The van der Waals surface area contributed by atoms with Crippen molar-refractivity contribution in [2.75, 3.05) is 7.11 Å². The normalized spacial score (nSPS) is 15.5. The average Bonchev–Trinajstić information content (AvgIpc) is 2.95. The van der Waals surface area contributed by atoms with E-state index in [0.29, 0.717) is 6.42 Å². The molecule has 1 aliphatic heterocycles. The smallest absolute Gasteiger partial charge is 0.411 e. The van der Waals surface area contributed by atoms with Gasteiger partial charge in [-0.2, -0.15) is 0 Å². The van der Waals surface area contributed by atoms with Crippen molar-refractivity contribution in [2.45, 2.75) is 38.1 Å². The number of carbonyl (C=O) groups is 3. The van der Waals surface area contributed by atoms with E-state index in [0.717, 1.165) is 22.3 Å². The molecule has 0 saturated heterocycles. The Morgan fingerprint density at radius 2 is 1.59 bits per heavy atom. The van der Waals surface area contributed by atoms with Crippen LogP contribution in [0.15, 0.2) is 91.0 Å². The second-order valence-electron chi connectivity index (χ2n) is 8.79. The Labute approximate surface area is 216 Å². The maximum absolute atomic E-state index is 13.5. The van der Waals surface area contributed by atoms with E-state index in [9.17, 15) is 14.4 Å². The summed E-state index contributed by atoms with van der Waals surface area (Å²) in [5, 5.41) is 2.80. The first-order valence-electron chi connectivity index (χ1n) is 12.2. The van der Waals surface area contributed by atoms with E-state index in [1.165, 1.54) is 12.0 Å². The van der Waals surface area contributed by atoms with Crippen molar-refractivity contribution >= 4 is 24.0 Å². The lowest BCUT2D eigenvalue weighted by molar-refractivity contribution is -0.145. The molecule has 0 unspecified atom stereocenters. The fourth-order valence-corrected chi connectivity index (χ4v) is 4.28. The summed E-state index contributed by atoms with van der Waals surface area (Å²) in [4.78, 5) is 40.5. The van der Waals surface area contributed by atoms with Crippen LogP contribution in [0.1, 0.15) is 28.7 Å². The molecule has 37 heavy (non-hydrogen) atoms. The van der Waals surface area contributed by atoms with Gasteiger partial charge in [-0.05, 0) is 28.7 Å². The fourth-order valence-electron chi connectivity index (χ4n) is 4.28. The summed E-state index contributed by atoms with van der Waals surface area (Å²) in [5.74, 6) is -0.991. The Kier molecular flexibility index (Phi) is 8.70. The van der Waals surface area contributed by atoms with E-state index < -0.39 is 30.1 Å². The maximum Gasteiger partial charge on any atom is 0.411 e. The van der Waals surface area contributed by atoms with Crippen LogP contribution in [0.25, 0.3) is 6.08 Å². The first-order chi connectivity index (χ1) is 18.0. The van der Waals surface area contributed by atoms with Gasteiger partial charge in [0.1, 0.15) is 18.7 Å². The van der Waals surface area contributed by atoms with Crippen molar-refractivity contribution in [3.8, 4) is 0 Å². The number of hydrogen-bond donors (Lipinski definition) is 1. The molecule has 4 rings (SSSR count). The van der Waals surface area contributed by atoms with Gasteiger partial charge in [-0.15, -0.1) is 0 Å². The molecule has 1 N–H and O–H groups in total. The molecule has 2 atom stereocenters. The van der Waals surface area contributed by atoms with E-state index in [4.69, 9.17) is 9.47 Å². The largest absolute Gasteiger partial charge is 0.467 e. The highest BCUT2D eigenvalue weighted by atomic mass is 16.6. The number of methoxy groups -OCH3 is 1. The summed E-state index contributed by atoms with van der Waals surface area (Å²) < 4.78 is 10.5. The van der Waals surface area contributed by atoms with Crippen molar-refractivity contribution in [3.05, 3.63) is 113 Å². The van der Waals surface area contributed by atoms with Crippen molar-refractivity contribution < 1.29 is 23.9 Å². The molecule has 0 bridgehead atoms. The third-order valence-corrected chi connectivity index (χ3v) is 6.27. The monoisotopic (exact) mass is 498 g/mol. The summed E-state index contributed by atoms with van der Waals surface area (Å²) in [6.45, 7) is 0.333. The molecule has 3 aromatic carbocycles. The molecule has 1 heterocycles. The van der Waals surface area contributed by atoms with Crippen LogP contribution in [-0.4, -0.2) is 42.1 Å². The minimum Gasteiger partial charge on any atom is -0.467 e. The van der Waals surface area contributed by atoms with Crippen LogP contribution in [0.5, 0.6) is 0 Å². The second kappa shape index (κ2) is 12.5. The lowest BCUT2D eigenvalue weighted by Gasteiger charge is -2.35. The molecule has 0 spiro atoms. The zero-order valence-electron chi connectivity index (χ0n) is 20.7. The highest BCUT2D eigenvalue weighted by Crippen LogP contribution is 2.25. The molecule has 0 aromatic heterocycles. The Bertz CT molecular complexity index is 1240. The number of esters is 1. The first-order valence-corrected chi connectivity index (χ1v) is 12.2. The molecular formula is C30H30N2O5. The summed E-state index contributed by atoms with van der Waals surface area (Å²) in [6.07, 6.45) is 3.67. The Hall–Kier alpha value is -4.39. The van der Waals surface area contributed by atoms with Gasteiger partial charge in [0.05, 0.1) is 13.7 Å². The predicted molar refractivity (Wildman–Crippen MR) is 140 cm³/mol. The van der Waals surface area contributed by atoms with Crippen molar-refractivity contribution in [1.82, 2.24) is 10.2 Å². The first kappa shape index (κ1) is 25.7. The second-order valence-corrected chi connectivity index (χ2v) is 8.79. The third kappa shape index (κ3) is 6.85. The highest BCUT2D eigenvalue weighted by Gasteiger charge is 2.37. The van der Waals surface area contributed by atoms with Crippen molar-refractivity contribution in [1.29, 1.82) is 0 Å². The molecule has 7 heteroatoms. The minimum atomic E-state index is -0.892. The van der Waals surface area contributed by atoms with Crippen LogP contribution in [0.4, 0.5) is 4.79 Å². The number of carbonyl (C=O) groups excluding carboxylic acids is 3. The molecule has 0 aliphatic carbocycles. The quantitative estimate of drug-likeness (QED) is 0.462. The highest BCUT2D eigenvalue weighted by molar-refractivity contribution is 5.90. The number of amides is 2. The van der Waals surface area contributed by atoms with Gasteiger partial charge in [0, 0.05) is 6.42 Å². The van der Waals surface area contributed by atoms with Gasteiger partial charge in [-0.1, -0.05) is 97.1 Å². The number of fused-ring (bicyclic) bond motifs is 1. The maximum atomic E-state index is 13.5. The molecular weight excluding hydrogens is 468 g/mol. The van der Waals surface area contributed by atoms with E-state index >= 15 is 0 Å². The number of benzene rings is 3. The van der Waals surface area contributed by atoms with Gasteiger partial charge in [0.2, 0.25) is 5.91 Å². The minimum absolute atomic E-state index is 0.0984. The van der Waals surface area contributed by atoms with E-state index in [1.54, 1.807) is 0 Å². The predicted octanol–water partition coefficient (Wildman–Crippen LogP) is 4.51. The third-order valence-electron chi connectivity index (χ3n) is 6.27. The number of hydrogen-bond acceptors (Lipinski definition) is 5. The average molecular weight is 499 g/mol. The van der Waals surface area contributed by atoms with Crippen molar-refractivity contribution in [2.24, 2.45) is 0 Å². The number of nitrogens with one attached hydrogen (secondary N) is 1. The summed E-state index contributed by atoms with van der Waals surface area (Å²) in [5.41, 5.74) is 3.77. The topological polar surface area (TPSA) is 84.9 Å². The van der Waals surface area contributed by atoms with Gasteiger partial charge in [0.25, 0.3) is 0 Å². The molecule has 0 saturated carbocycles. The summed E-state index contributed by atoms with van der Waals surface area (Å²) >= 11 is 0. The van der Waals surface area contributed by atoms with E-state index in [2.05, 4.69) is 5.32 Å². The lowest BCUT2D eigenvalue weighted by atomic mass is 9.93. The van der Waals surface area contributed by atoms with E-state index in [1.807, 2.05) is 97.1 Å². The molecule has 1 aliphatic rings. The van der Waals surface area contributed by atoms with Crippen LogP contribution in [0.3, 0.4) is 0 Å². The molecule has 190 valence electrons. The van der Waals surface area contributed by atoms with Crippen LogP contribution in [0, 0.1) is 0 Å². The molecule has 0 fully saturated rings. The van der Waals surface area contributed by atoms with Gasteiger partial charge in [-0.3, -0.25) is 9.69 Å². The van der Waals surface area contributed by atoms with Gasteiger partial charge < -0.3 is 14.8 Å². The lowest BCUT2D eigenvalue weighted by Crippen LogP contribution is -2.55. The molecule has 0 radical (unpaired) electrons. The Morgan fingerprint density at radius 1 is 0.946 bits per heavy atom. The van der Waals surface area contributed by atoms with Crippen molar-refractivity contribution in [3.63, 3.8) is 0 Å². The van der Waals surface area contributed by atoms with Gasteiger partial charge >= 0.3 is 12.1 Å². The number of ether oxygens (including phenoxy) is 2. The number of nitrogens with zero attached hydrogens (tertiary/aromatic N) is 1. The summed E-state index contributed by atoms with van der Waals surface area (Å²) in [6, 6.07) is 25.0. The van der Waals surface area contributed by atoms with Crippen LogP contribution >= 0.6 is 0 Å². The van der Waals surface area contributed by atoms with Crippen LogP contribution < -0.4 is 5.32 Å². The zero-order valence-corrected chi connectivity index (χ0v) is 20.7. The molecule has 2 amide bonds. The van der Waals surface area contributed by atoms with Crippen LogP contribution in [-0.2, 0) is 38.6 Å². The SMILES string of the molecule is COC(=O)[C@@H](C/C=C/c1ccccc1)NC(=O)[C@@H]1Cc2ccccc2CN1C(=O)OCc1ccccc1. The van der Waals surface area contributed by atoms with Gasteiger partial charge in [0.15, 0.2) is 0 Å². The Morgan fingerprint density at radius 3 is 2.30 bits per heavy atom. The fraction of sp³-hybridized carbons (Fsp3) is 0.233. The summed E-state index contributed by atoms with van der Waals surface area (Å²) in [7, 11) is 1.28.